The molecule has 0 bridgehead atoms. The second-order valence-corrected chi connectivity index (χ2v) is 6.56. The zero-order chi connectivity index (χ0) is 15.5. The second-order valence-electron chi connectivity index (χ2n) is 5.64. The molecule has 1 aromatic carbocycles. The summed E-state index contributed by atoms with van der Waals surface area (Å²) in [7, 11) is 0. The van der Waals surface area contributed by atoms with Crippen molar-refractivity contribution in [1.29, 1.82) is 0 Å². The summed E-state index contributed by atoms with van der Waals surface area (Å²) in [6.45, 7) is 11.1. The lowest BCUT2D eigenvalue weighted by molar-refractivity contribution is 0.655. The predicted molar refractivity (Wildman–Crippen MR) is 98.2 cm³/mol. The van der Waals surface area contributed by atoms with Crippen molar-refractivity contribution >= 4 is 21.6 Å². The fourth-order valence-electron chi connectivity index (χ4n) is 2.45. The Morgan fingerprint density at radius 2 is 1.67 bits per heavy atom. The van der Waals surface area contributed by atoms with E-state index in [9.17, 15) is 0 Å². The normalized spacial score (nSPS) is 10.9. The summed E-state index contributed by atoms with van der Waals surface area (Å²) >= 11 is 3.61. The lowest BCUT2D eigenvalue weighted by Gasteiger charge is -2.27. The largest absolute Gasteiger partial charge is 0.371 e. The molecule has 3 heteroatoms. The van der Waals surface area contributed by atoms with E-state index in [2.05, 4.69) is 65.1 Å². The number of hydrogen-bond donors (Lipinski definition) is 1. The van der Waals surface area contributed by atoms with Crippen molar-refractivity contribution in [2.45, 2.75) is 59.4 Å². The SMILES string of the molecule is CCCCN(CCCC)c1ccc(Br)cc1CNCCC. The average molecular weight is 355 g/mol. The van der Waals surface area contributed by atoms with Crippen LogP contribution in [0, 0.1) is 0 Å². The van der Waals surface area contributed by atoms with Crippen molar-refractivity contribution in [1.82, 2.24) is 5.32 Å². The number of unbranched alkanes of at least 4 members (excludes halogenated alkanes) is 2. The van der Waals surface area contributed by atoms with Crippen LogP contribution < -0.4 is 10.2 Å². The Hall–Kier alpha value is -0.540. The maximum Gasteiger partial charge on any atom is 0.0412 e. The number of nitrogens with one attached hydrogen (secondary N) is 1. The molecule has 1 rings (SSSR count). The van der Waals surface area contributed by atoms with E-state index < -0.39 is 0 Å². The topological polar surface area (TPSA) is 15.3 Å². The van der Waals surface area contributed by atoms with Crippen LogP contribution in [0.15, 0.2) is 22.7 Å². The van der Waals surface area contributed by atoms with Gasteiger partial charge in [-0.25, -0.2) is 0 Å². The highest BCUT2D eigenvalue weighted by Crippen LogP contribution is 2.25. The summed E-state index contributed by atoms with van der Waals surface area (Å²) in [6.07, 6.45) is 6.22. The fourth-order valence-corrected chi connectivity index (χ4v) is 2.86. The van der Waals surface area contributed by atoms with Crippen LogP contribution in [0.5, 0.6) is 0 Å². The number of anilines is 1. The lowest BCUT2D eigenvalue weighted by atomic mass is 10.1. The molecule has 2 nitrogen and oxygen atoms in total. The van der Waals surface area contributed by atoms with Crippen molar-refractivity contribution in [2.24, 2.45) is 0 Å². The van der Waals surface area contributed by atoms with Gasteiger partial charge in [-0.05, 0) is 49.6 Å². The first kappa shape index (κ1) is 18.5. The van der Waals surface area contributed by atoms with Gasteiger partial charge in [0.05, 0.1) is 0 Å². The van der Waals surface area contributed by atoms with Crippen LogP contribution in [0.25, 0.3) is 0 Å². The quantitative estimate of drug-likeness (QED) is 0.538. The van der Waals surface area contributed by atoms with Gasteiger partial charge in [-0.2, -0.15) is 0 Å². The van der Waals surface area contributed by atoms with Crippen LogP contribution >= 0.6 is 15.9 Å². The highest BCUT2D eigenvalue weighted by Gasteiger charge is 2.11. The van der Waals surface area contributed by atoms with Crippen molar-refractivity contribution in [3.05, 3.63) is 28.2 Å². The van der Waals surface area contributed by atoms with E-state index in [0.717, 1.165) is 13.1 Å². The van der Waals surface area contributed by atoms with Gasteiger partial charge in [0.2, 0.25) is 0 Å². The third kappa shape index (κ3) is 6.84. The fraction of sp³-hybridized carbons (Fsp3) is 0.667. The molecular weight excluding hydrogens is 324 g/mol. The molecule has 21 heavy (non-hydrogen) atoms. The van der Waals surface area contributed by atoms with Gasteiger partial charge in [0.15, 0.2) is 0 Å². The summed E-state index contributed by atoms with van der Waals surface area (Å²) in [6, 6.07) is 6.71. The molecule has 0 aliphatic heterocycles. The molecule has 0 spiro atoms. The molecule has 120 valence electrons. The molecule has 0 heterocycles. The molecule has 0 atom stereocenters. The van der Waals surface area contributed by atoms with Gasteiger partial charge in [-0.3, -0.25) is 0 Å². The van der Waals surface area contributed by atoms with E-state index in [1.54, 1.807) is 0 Å². The predicted octanol–water partition coefficient (Wildman–Crippen LogP) is 5.36. The van der Waals surface area contributed by atoms with E-state index in [-0.39, 0.29) is 0 Å². The molecule has 0 radical (unpaired) electrons. The Balaban J connectivity index is 2.87. The summed E-state index contributed by atoms with van der Waals surface area (Å²) in [5.74, 6) is 0. The van der Waals surface area contributed by atoms with Gasteiger partial charge in [-0.1, -0.05) is 49.5 Å². The third-order valence-corrected chi connectivity index (χ3v) is 4.18. The number of benzene rings is 1. The van der Waals surface area contributed by atoms with Crippen molar-refractivity contribution in [3.63, 3.8) is 0 Å². The Kier molecular flexibility index (Phi) is 9.77. The zero-order valence-corrected chi connectivity index (χ0v) is 15.5. The van der Waals surface area contributed by atoms with Crippen molar-refractivity contribution in [2.75, 3.05) is 24.5 Å². The third-order valence-electron chi connectivity index (χ3n) is 3.69. The highest BCUT2D eigenvalue weighted by molar-refractivity contribution is 9.10. The number of rotatable bonds is 11. The number of nitrogens with zero attached hydrogens (tertiary/aromatic N) is 1. The summed E-state index contributed by atoms with van der Waals surface area (Å²) in [4.78, 5) is 2.57. The molecule has 1 N–H and O–H groups in total. The van der Waals surface area contributed by atoms with Gasteiger partial charge >= 0.3 is 0 Å². The second kappa shape index (κ2) is 11.1. The van der Waals surface area contributed by atoms with Gasteiger partial charge in [0.25, 0.3) is 0 Å². The monoisotopic (exact) mass is 354 g/mol. The molecule has 0 unspecified atom stereocenters. The number of hydrogen-bond acceptors (Lipinski definition) is 2. The molecule has 0 aliphatic rings. The van der Waals surface area contributed by atoms with E-state index in [1.165, 1.54) is 60.9 Å². The number of halogens is 1. The van der Waals surface area contributed by atoms with Crippen LogP contribution in [-0.2, 0) is 6.54 Å². The minimum absolute atomic E-state index is 0.956. The first-order valence-electron chi connectivity index (χ1n) is 8.47. The van der Waals surface area contributed by atoms with Crippen LogP contribution in [0.1, 0.15) is 58.4 Å². The summed E-state index contributed by atoms with van der Waals surface area (Å²) in [5, 5.41) is 3.54. The van der Waals surface area contributed by atoms with Gasteiger partial charge in [-0.15, -0.1) is 0 Å². The Morgan fingerprint density at radius 3 is 2.24 bits per heavy atom. The Bertz CT molecular complexity index is 385. The van der Waals surface area contributed by atoms with E-state index in [0.29, 0.717) is 0 Å². The van der Waals surface area contributed by atoms with Gasteiger partial charge in [0.1, 0.15) is 0 Å². The van der Waals surface area contributed by atoms with Crippen LogP contribution in [0.3, 0.4) is 0 Å². The molecule has 0 fully saturated rings. The molecule has 0 amide bonds. The van der Waals surface area contributed by atoms with Gasteiger partial charge in [0, 0.05) is 29.8 Å². The molecular formula is C18H31BrN2. The molecule has 1 aromatic rings. The van der Waals surface area contributed by atoms with E-state index >= 15 is 0 Å². The Morgan fingerprint density at radius 1 is 1.00 bits per heavy atom. The molecule has 0 aromatic heterocycles. The molecule has 0 saturated heterocycles. The van der Waals surface area contributed by atoms with Crippen LogP contribution in [0.2, 0.25) is 0 Å². The maximum absolute atomic E-state index is 3.61. The maximum atomic E-state index is 3.61. The van der Waals surface area contributed by atoms with Crippen molar-refractivity contribution in [3.8, 4) is 0 Å². The first-order valence-corrected chi connectivity index (χ1v) is 9.26. The van der Waals surface area contributed by atoms with Crippen LogP contribution in [-0.4, -0.2) is 19.6 Å². The standard InChI is InChI=1S/C18H31BrN2/c1-4-7-12-21(13-8-5-2)18-10-9-17(19)14-16(18)15-20-11-6-3/h9-10,14,20H,4-8,11-13,15H2,1-3H3. The van der Waals surface area contributed by atoms with Crippen LogP contribution in [0.4, 0.5) is 5.69 Å². The lowest BCUT2D eigenvalue weighted by Crippen LogP contribution is -2.27. The minimum Gasteiger partial charge on any atom is -0.371 e. The zero-order valence-electron chi connectivity index (χ0n) is 13.9. The van der Waals surface area contributed by atoms with E-state index in [4.69, 9.17) is 0 Å². The Labute approximate surface area is 139 Å². The average Bonchev–Trinajstić information content (AvgIpc) is 2.49. The van der Waals surface area contributed by atoms with Crippen molar-refractivity contribution < 1.29 is 0 Å². The first-order chi connectivity index (χ1) is 10.2. The molecule has 0 saturated carbocycles. The smallest absolute Gasteiger partial charge is 0.0412 e. The van der Waals surface area contributed by atoms with Gasteiger partial charge < -0.3 is 10.2 Å². The summed E-state index contributed by atoms with van der Waals surface area (Å²) in [5.41, 5.74) is 2.81. The summed E-state index contributed by atoms with van der Waals surface area (Å²) < 4.78 is 1.17. The minimum atomic E-state index is 0.956. The highest BCUT2D eigenvalue weighted by atomic mass is 79.9. The molecule has 0 aliphatic carbocycles. The van der Waals surface area contributed by atoms with E-state index in [1.807, 2.05) is 0 Å².